The van der Waals surface area contributed by atoms with Crippen LogP contribution in [0.2, 0.25) is 0 Å². The predicted octanol–water partition coefficient (Wildman–Crippen LogP) is 4.58. The summed E-state index contributed by atoms with van der Waals surface area (Å²) >= 11 is 0. The first kappa shape index (κ1) is 25.6. The second-order valence-electron chi connectivity index (χ2n) is 10.0. The fourth-order valence-electron chi connectivity index (χ4n) is 4.71. The van der Waals surface area contributed by atoms with Gasteiger partial charge in [0.2, 0.25) is 5.95 Å². The van der Waals surface area contributed by atoms with Gasteiger partial charge in [0.15, 0.2) is 0 Å². The zero-order chi connectivity index (χ0) is 26.9. The molecule has 38 heavy (non-hydrogen) atoms. The van der Waals surface area contributed by atoms with Crippen molar-refractivity contribution < 1.29 is 4.74 Å². The Morgan fingerprint density at radius 2 is 1.82 bits per heavy atom. The Balaban J connectivity index is 1.38. The Kier molecular flexibility index (Phi) is 6.98. The Hall–Kier alpha value is -4.05. The van der Waals surface area contributed by atoms with Gasteiger partial charge in [-0.1, -0.05) is 19.1 Å². The molecule has 1 N–H and O–H groups in total. The number of hydrogen-bond donors (Lipinski definition) is 1. The van der Waals surface area contributed by atoms with Crippen molar-refractivity contribution in [1.82, 2.24) is 34.8 Å². The van der Waals surface area contributed by atoms with Gasteiger partial charge in [-0.15, -0.1) is 5.10 Å². The first-order chi connectivity index (χ1) is 18.3. The molecule has 0 unspecified atom stereocenters. The molecule has 0 saturated carbocycles. The normalized spacial score (nSPS) is 13.6. The molecule has 3 aromatic heterocycles. The molecule has 1 aliphatic rings. The Morgan fingerprint density at radius 1 is 1.00 bits per heavy atom. The molecule has 198 valence electrons. The van der Waals surface area contributed by atoms with Gasteiger partial charge < -0.3 is 19.9 Å². The van der Waals surface area contributed by atoms with E-state index in [1.165, 1.54) is 0 Å². The highest BCUT2D eigenvalue weighted by atomic mass is 16.5. The SMILES string of the molecule is CCN(CC)CCN(C)c1cncc(Nc2ncc3c(n2)C(C)(C)Oc2cc(-n4nncc4C)ccc2-3)c1. The van der Waals surface area contributed by atoms with E-state index in [9.17, 15) is 0 Å². The lowest BCUT2D eigenvalue weighted by Crippen LogP contribution is -2.33. The Labute approximate surface area is 223 Å². The quantitative estimate of drug-likeness (QED) is 0.345. The monoisotopic (exact) mass is 513 g/mol. The number of hydrogen-bond acceptors (Lipinski definition) is 9. The molecule has 10 nitrogen and oxygen atoms in total. The number of anilines is 3. The molecular weight excluding hydrogens is 478 g/mol. The summed E-state index contributed by atoms with van der Waals surface area (Å²) in [5.74, 6) is 1.27. The molecule has 0 atom stereocenters. The topological polar surface area (TPSA) is 97.1 Å². The lowest BCUT2D eigenvalue weighted by Gasteiger charge is -2.34. The summed E-state index contributed by atoms with van der Waals surface area (Å²) in [7, 11) is 2.09. The second-order valence-corrected chi connectivity index (χ2v) is 10.0. The minimum atomic E-state index is -0.650. The van der Waals surface area contributed by atoms with E-state index >= 15 is 0 Å². The van der Waals surface area contributed by atoms with E-state index < -0.39 is 5.60 Å². The molecule has 0 spiro atoms. The van der Waals surface area contributed by atoms with Gasteiger partial charge in [0, 0.05) is 43.5 Å². The zero-order valence-corrected chi connectivity index (χ0v) is 22.9. The van der Waals surface area contributed by atoms with Crippen LogP contribution in [0.4, 0.5) is 17.3 Å². The third kappa shape index (κ3) is 5.04. The van der Waals surface area contributed by atoms with Crippen LogP contribution in [0.15, 0.2) is 49.1 Å². The zero-order valence-electron chi connectivity index (χ0n) is 22.9. The second kappa shape index (κ2) is 10.4. The van der Waals surface area contributed by atoms with E-state index in [4.69, 9.17) is 9.72 Å². The number of fused-ring (bicyclic) bond motifs is 3. The van der Waals surface area contributed by atoms with E-state index in [2.05, 4.69) is 62.4 Å². The smallest absolute Gasteiger partial charge is 0.227 e. The van der Waals surface area contributed by atoms with Crippen molar-refractivity contribution in [3.05, 3.63) is 60.4 Å². The summed E-state index contributed by atoms with van der Waals surface area (Å²) in [6.07, 6.45) is 7.26. The number of likely N-dealkylation sites (N-methyl/N-ethyl adjacent to an activating group) is 2. The number of nitrogens with one attached hydrogen (secondary N) is 1. The third-order valence-electron chi connectivity index (χ3n) is 7.01. The van der Waals surface area contributed by atoms with Crippen LogP contribution in [0, 0.1) is 6.92 Å². The van der Waals surface area contributed by atoms with Crippen LogP contribution in [-0.2, 0) is 5.60 Å². The third-order valence-corrected chi connectivity index (χ3v) is 7.01. The molecule has 1 aliphatic heterocycles. The minimum absolute atomic E-state index is 0.503. The number of aryl methyl sites for hydroxylation is 1. The molecule has 0 aliphatic carbocycles. The van der Waals surface area contributed by atoms with Crippen molar-refractivity contribution in [3.63, 3.8) is 0 Å². The maximum absolute atomic E-state index is 6.44. The average molecular weight is 514 g/mol. The molecule has 10 heteroatoms. The molecule has 1 aromatic carbocycles. The summed E-state index contributed by atoms with van der Waals surface area (Å²) in [5.41, 5.74) is 5.80. The van der Waals surface area contributed by atoms with Gasteiger partial charge in [-0.2, -0.15) is 0 Å². The summed E-state index contributed by atoms with van der Waals surface area (Å²) in [6.45, 7) is 14.4. The lowest BCUT2D eigenvalue weighted by molar-refractivity contribution is 0.101. The standard InChI is InChI=1S/C28H35N9O/c1-7-36(8-2)12-11-35(6)22-13-20(16-29-17-22)32-27-30-18-24-23-10-9-21(37-19(3)15-31-34-37)14-25(23)38-28(4,5)26(24)33-27/h9-10,13-18H,7-8,11-12H2,1-6H3,(H,30,32,33). The number of benzene rings is 1. The van der Waals surface area contributed by atoms with Crippen LogP contribution in [0.5, 0.6) is 5.75 Å². The summed E-state index contributed by atoms with van der Waals surface area (Å²) in [6, 6.07) is 8.09. The summed E-state index contributed by atoms with van der Waals surface area (Å²) < 4.78 is 8.23. The van der Waals surface area contributed by atoms with Crippen LogP contribution in [0.25, 0.3) is 16.8 Å². The van der Waals surface area contributed by atoms with Gasteiger partial charge in [0.1, 0.15) is 11.4 Å². The first-order valence-electron chi connectivity index (χ1n) is 13.0. The predicted molar refractivity (Wildman–Crippen MR) is 149 cm³/mol. The molecule has 4 heterocycles. The molecule has 5 rings (SSSR count). The maximum Gasteiger partial charge on any atom is 0.227 e. The van der Waals surface area contributed by atoms with Gasteiger partial charge >= 0.3 is 0 Å². The van der Waals surface area contributed by atoms with Gasteiger partial charge in [-0.05, 0) is 52.1 Å². The molecule has 4 aromatic rings. The number of rotatable bonds is 9. The fourth-order valence-corrected chi connectivity index (χ4v) is 4.71. The van der Waals surface area contributed by atoms with Crippen molar-refractivity contribution in [2.24, 2.45) is 0 Å². The van der Waals surface area contributed by atoms with E-state index in [0.29, 0.717) is 5.95 Å². The van der Waals surface area contributed by atoms with Crippen LogP contribution in [0.1, 0.15) is 39.1 Å². The van der Waals surface area contributed by atoms with Crippen LogP contribution >= 0.6 is 0 Å². The van der Waals surface area contributed by atoms with Crippen molar-refractivity contribution in [2.45, 2.75) is 40.2 Å². The van der Waals surface area contributed by atoms with Crippen LogP contribution < -0.4 is 15.0 Å². The molecule has 0 saturated heterocycles. The molecule has 0 fully saturated rings. The van der Waals surface area contributed by atoms with Crippen molar-refractivity contribution in [2.75, 3.05) is 43.4 Å². The van der Waals surface area contributed by atoms with E-state index in [-0.39, 0.29) is 0 Å². The molecular formula is C28H35N9O. The van der Waals surface area contributed by atoms with Crippen molar-refractivity contribution in [3.8, 4) is 22.6 Å². The van der Waals surface area contributed by atoms with Gasteiger partial charge in [0.05, 0.1) is 47.0 Å². The van der Waals surface area contributed by atoms with Gasteiger partial charge in [-0.25, -0.2) is 14.6 Å². The number of aromatic nitrogens is 6. The molecule has 0 bridgehead atoms. The van der Waals surface area contributed by atoms with Crippen molar-refractivity contribution >= 4 is 17.3 Å². The summed E-state index contributed by atoms with van der Waals surface area (Å²) in [5, 5.41) is 11.5. The molecule has 0 radical (unpaired) electrons. The van der Waals surface area contributed by atoms with Crippen LogP contribution in [-0.4, -0.2) is 68.1 Å². The van der Waals surface area contributed by atoms with Gasteiger partial charge in [-0.3, -0.25) is 4.98 Å². The minimum Gasteiger partial charge on any atom is -0.481 e. The molecule has 0 amide bonds. The first-order valence-corrected chi connectivity index (χ1v) is 13.0. The number of ether oxygens (including phenoxy) is 1. The maximum atomic E-state index is 6.44. The van der Waals surface area contributed by atoms with Gasteiger partial charge in [0.25, 0.3) is 0 Å². The number of nitrogens with zero attached hydrogens (tertiary/aromatic N) is 8. The highest BCUT2D eigenvalue weighted by Gasteiger charge is 2.35. The highest BCUT2D eigenvalue weighted by Crippen LogP contribution is 2.45. The summed E-state index contributed by atoms with van der Waals surface area (Å²) in [4.78, 5) is 18.6. The average Bonchev–Trinajstić information content (AvgIpc) is 3.34. The van der Waals surface area contributed by atoms with E-state index in [1.807, 2.05) is 51.4 Å². The number of pyridine rings is 1. The Morgan fingerprint density at radius 3 is 2.55 bits per heavy atom. The van der Waals surface area contributed by atoms with E-state index in [1.54, 1.807) is 17.1 Å². The van der Waals surface area contributed by atoms with Crippen molar-refractivity contribution in [1.29, 1.82) is 0 Å². The lowest BCUT2D eigenvalue weighted by atomic mass is 9.91. The largest absolute Gasteiger partial charge is 0.481 e. The van der Waals surface area contributed by atoms with E-state index in [0.717, 1.165) is 71.5 Å². The fraction of sp³-hybridized carbons (Fsp3) is 0.393. The Bertz CT molecular complexity index is 1430. The van der Waals surface area contributed by atoms with Crippen LogP contribution in [0.3, 0.4) is 0 Å². The highest BCUT2D eigenvalue weighted by molar-refractivity contribution is 5.76.